The number of carbonyl (C=O) groups excluding carboxylic acids is 2. The topological polar surface area (TPSA) is 189 Å². The van der Waals surface area contributed by atoms with Gasteiger partial charge in [-0.15, -0.1) is 0 Å². The van der Waals surface area contributed by atoms with E-state index in [1.54, 1.807) is 21.8 Å². The summed E-state index contributed by atoms with van der Waals surface area (Å²) in [5, 5.41) is 46.2. The number of amides is 2. The van der Waals surface area contributed by atoms with Gasteiger partial charge in [0, 0.05) is 24.8 Å². The van der Waals surface area contributed by atoms with Crippen LogP contribution in [0, 0.1) is 21.6 Å². The van der Waals surface area contributed by atoms with Crippen LogP contribution >= 0.6 is 23.5 Å². The first-order chi connectivity index (χ1) is 22.2. The van der Waals surface area contributed by atoms with E-state index in [4.69, 9.17) is 21.6 Å². The molecule has 0 unspecified atom stereocenters. The van der Waals surface area contributed by atoms with E-state index in [2.05, 4.69) is 20.8 Å². The molecule has 4 rings (SSSR count). The Morgan fingerprint density at radius 3 is 1.43 bits per heavy atom. The quantitative estimate of drug-likeness (QED) is 0.0664. The summed E-state index contributed by atoms with van der Waals surface area (Å²) in [7, 11) is 0. The molecule has 4 aromatic rings. The molecule has 14 heteroatoms. The van der Waals surface area contributed by atoms with Crippen molar-refractivity contribution in [1.82, 2.24) is 30.2 Å². The third-order valence-corrected chi connectivity index (χ3v) is 8.05. The molecule has 2 aromatic heterocycles. The summed E-state index contributed by atoms with van der Waals surface area (Å²) in [6, 6.07) is 19.0. The zero-order valence-corrected chi connectivity index (χ0v) is 26.8. The number of rotatable bonds is 13. The first kappa shape index (κ1) is 34.1. The maximum atomic E-state index is 12.5. The normalized spacial score (nSPS) is 10.7. The highest BCUT2D eigenvalue weighted by atomic mass is 32.2. The molecule has 0 aliphatic heterocycles. The third-order valence-electron chi connectivity index (χ3n) is 6.53. The van der Waals surface area contributed by atoms with Crippen LogP contribution < -0.4 is 10.6 Å². The Balaban J connectivity index is 1.07. The molecule has 46 heavy (non-hydrogen) atoms. The van der Waals surface area contributed by atoms with Gasteiger partial charge in [-0.05, 0) is 83.6 Å². The van der Waals surface area contributed by atoms with Gasteiger partial charge in [0.25, 0.3) is 0 Å². The van der Waals surface area contributed by atoms with Crippen molar-refractivity contribution in [2.24, 2.45) is 0 Å². The van der Waals surface area contributed by atoms with Crippen molar-refractivity contribution in [3.63, 3.8) is 0 Å². The summed E-state index contributed by atoms with van der Waals surface area (Å²) in [6.45, 7) is 1.21. The Labute approximate surface area is 275 Å². The lowest BCUT2D eigenvalue weighted by Gasteiger charge is -2.09. The van der Waals surface area contributed by atoms with Crippen LogP contribution in [0.3, 0.4) is 0 Å². The SMILES string of the molecule is N=C(CCCCC(=N)SC(=N)NC(=O)Cc1cccc(Cn2cccn2)c1)SC(=N)NC(=O)Cc1cccc(Cn2cccn2)c1. The highest BCUT2D eigenvalue weighted by molar-refractivity contribution is 8.26. The van der Waals surface area contributed by atoms with Gasteiger partial charge < -0.3 is 10.6 Å². The van der Waals surface area contributed by atoms with E-state index in [-0.39, 0.29) is 45.1 Å². The molecule has 12 nitrogen and oxygen atoms in total. The average molecular weight is 657 g/mol. The first-order valence-electron chi connectivity index (χ1n) is 14.6. The van der Waals surface area contributed by atoms with Gasteiger partial charge in [0.1, 0.15) is 0 Å². The highest BCUT2D eigenvalue weighted by Gasteiger charge is 2.12. The minimum Gasteiger partial charge on any atom is -0.305 e. The number of amidine groups is 2. The minimum atomic E-state index is -0.319. The van der Waals surface area contributed by atoms with E-state index in [1.165, 1.54) is 0 Å². The van der Waals surface area contributed by atoms with E-state index >= 15 is 0 Å². The molecular weight excluding hydrogens is 621 g/mol. The van der Waals surface area contributed by atoms with Crippen molar-refractivity contribution in [2.75, 3.05) is 0 Å². The Hall–Kier alpha value is -4.82. The van der Waals surface area contributed by atoms with Crippen LogP contribution in [0.2, 0.25) is 0 Å². The van der Waals surface area contributed by atoms with Gasteiger partial charge in [-0.25, -0.2) is 0 Å². The van der Waals surface area contributed by atoms with Crippen molar-refractivity contribution in [1.29, 1.82) is 21.6 Å². The molecule has 0 saturated heterocycles. The summed E-state index contributed by atoms with van der Waals surface area (Å²) in [5.41, 5.74) is 3.70. The van der Waals surface area contributed by atoms with Gasteiger partial charge in [-0.3, -0.25) is 40.6 Å². The lowest BCUT2D eigenvalue weighted by molar-refractivity contribution is -0.119. The molecule has 0 saturated carbocycles. The van der Waals surface area contributed by atoms with Crippen LogP contribution in [0.15, 0.2) is 85.5 Å². The Bertz CT molecular complexity index is 1550. The Morgan fingerprint density at radius 2 is 1.04 bits per heavy atom. The first-order valence-corrected chi connectivity index (χ1v) is 16.2. The van der Waals surface area contributed by atoms with E-state index in [0.29, 0.717) is 38.8 Å². The zero-order valence-electron chi connectivity index (χ0n) is 25.2. The van der Waals surface area contributed by atoms with Crippen molar-refractivity contribution in [2.45, 2.75) is 51.6 Å². The van der Waals surface area contributed by atoms with Crippen molar-refractivity contribution < 1.29 is 9.59 Å². The van der Waals surface area contributed by atoms with Crippen molar-refractivity contribution in [3.8, 4) is 0 Å². The number of hydrogen-bond donors (Lipinski definition) is 6. The number of unbranched alkanes of at least 4 members (excludes halogenated alkanes) is 1. The summed E-state index contributed by atoms with van der Waals surface area (Å²) in [4.78, 5) is 24.9. The fraction of sp³-hybridized carbons (Fsp3) is 0.250. The number of hydrogen-bond acceptors (Lipinski definition) is 10. The van der Waals surface area contributed by atoms with Gasteiger partial charge in [0.05, 0.1) is 36.0 Å². The zero-order chi connectivity index (χ0) is 32.7. The molecule has 0 aliphatic carbocycles. The fourth-order valence-electron chi connectivity index (χ4n) is 4.52. The molecule has 0 spiro atoms. The largest absolute Gasteiger partial charge is 0.305 e. The number of benzene rings is 2. The lowest BCUT2D eigenvalue weighted by atomic mass is 10.1. The highest BCUT2D eigenvalue weighted by Crippen LogP contribution is 2.15. The minimum absolute atomic E-state index is 0.0974. The van der Waals surface area contributed by atoms with Crippen LogP contribution in [-0.4, -0.2) is 51.8 Å². The predicted molar refractivity (Wildman–Crippen MR) is 184 cm³/mol. The summed E-state index contributed by atoms with van der Waals surface area (Å²) < 4.78 is 3.61. The second-order valence-electron chi connectivity index (χ2n) is 10.4. The molecule has 0 radical (unpaired) electrons. The number of nitrogens with zero attached hydrogens (tertiary/aromatic N) is 4. The van der Waals surface area contributed by atoms with E-state index in [9.17, 15) is 9.59 Å². The average Bonchev–Trinajstić information content (AvgIpc) is 3.70. The number of thioether (sulfide) groups is 2. The Kier molecular flexibility index (Phi) is 13.0. The van der Waals surface area contributed by atoms with Crippen LogP contribution in [0.25, 0.3) is 0 Å². The number of carbonyl (C=O) groups is 2. The van der Waals surface area contributed by atoms with Crippen LogP contribution in [0.4, 0.5) is 0 Å². The van der Waals surface area contributed by atoms with Gasteiger partial charge in [-0.1, -0.05) is 48.5 Å². The lowest BCUT2D eigenvalue weighted by Crippen LogP contribution is -2.30. The van der Waals surface area contributed by atoms with E-state index in [0.717, 1.165) is 45.8 Å². The molecular formula is C32H36N10O2S2. The molecule has 0 atom stereocenters. The van der Waals surface area contributed by atoms with Crippen molar-refractivity contribution >= 4 is 55.8 Å². The second-order valence-corrected chi connectivity index (χ2v) is 12.6. The smallest absolute Gasteiger partial charge is 0.230 e. The maximum absolute atomic E-state index is 12.5. The summed E-state index contributed by atoms with van der Waals surface area (Å²) in [6.07, 6.45) is 9.47. The van der Waals surface area contributed by atoms with Gasteiger partial charge in [0.15, 0.2) is 10.3 Å². The number of nitrogens with one attached hydrogen (secondary N) is 6. The van der Waals surface area contributed by atoms with Crippen LogP contribution in [0.1, 0.15) is 47.9 Å². The standard InChI is InChI=1S/C32H36N10O2S2/c33-27(45-31(35)39-29(43)19-23-7-3-9-25(17-23)21-41-15-5-13-37-41)11-1-2-12-28(34)46-32(36)40-30(44)20-24-8-4-10-26(18-24)22-42-16-6-14-38-42/h3-10,13-18,33-34H,1-2,11-12,19-22H2,(H2,35,39,43)(H2,36,40,44). The molecule has 6 N–H and O–H groups in total. The molecule has 2 amide bonds. The molecule has 2 heterocycles. The maximum Gasteiger partial charge on any atom is 0.230 e. The monoisotopic (exact) mass is 656 g/mol. The van der Waals surface area contributed by atoms with Crippen molar-refractivity contribution in [3.05, 3.63) is 108 Å². The van der Waals surface area contributed by atoms with Crippen LogP contribution in [0.5, 0.6) is 0 Å². The summed E-state index contributed by atoms with van der Waals surface area (Å²) in [5.74, 6) is -0.638. The molecule has 0 aliphatic rings. The van der Waals surface area contributed by atoms with Crippen LogP contribution in [-0.2, 0) is 35.5 Å². The molecule has 2 aromatic carbocycles. The third kappa shape index (κ3) is 12.3. The number of aromatic nitrogens is 4. The molecule has 0 bridgehead atoms. The Morgan fingerprint density at radius 1 is 0.630 bits per heavy atom. The van der Waals surface area contributed by atoms with E-state index < -0.39 is 0 Å². The van der Waals surface area contributed by atoms with Gasteiger partial charge in [-0.2, -0.15) is 10.2 Å². The molecule has 238 valence electrons. The predicted octanol–water partition coefficient (Wildman–Crippen LogP) is 5.04. The van der Waals surface area contributed by atoms with E-state index in [1.807, 2.05) is 73.1 Å². The fourth-order valence-corrected chi connectivity index (χ4v) is 5.84. The van der Waals surface area contributed by atoms with Gasteiger partial charge in [0.2, 0.25) is 11.8 Å². The molecule has 0 fully saturated rings. The summed E-state index contributed by atoms with van der Waals surface area (Å²) >= 11 is 1.80. The second kappa shape index (κ2) is 17.6. The van der Waals surface area contributed by atoms with Gasteiger partial charge >= 0.3 is 0 Å².